The summed E-state index contributed by atoms with van der Waals surface area (Å²) in [6.07, 6.45) is 0. The lowest BCUT2D eigenvalue weighted by Gasteiger charge is -2.04. The van der Waals surface area contributed by atoms with Crippen LogP contribution in [-0.4, -0.2) is 28.2 Å². The Bertz CT molecular complexity index is 986. The fourth-order valence-electron chi connectivity index (χ4n) is 2.32. The van der Waals surface area contributed by atoms with Crippen LogP contribution in [0.25, 0.3) is 5.57 Å². The molecule has 0 atom stereocenters. The van der Waals surface area contributed by atoms with E-state index in [2.05, 4.69) is 4.99 Å². The van der Waals surface area contributed by atoms with Gasteiger partial charge in [-0.2, -0.15) is 0 Å². The normalized spacial score (nSPS) is 12.9. The molecule has 0 radical (unpaired) electrons. The molecular formula is C15H12N2O5S. The highest BCUT2D eigenvalue weighted by molar-refractivity contribution is 7.11. The molecule has 1 aromatic heterocycles. The molecule has 1 N–H and O–H groups in total. The summed E-state index contributed by atoms with van der Waals surface area (Å²) in [5, 5.41) is 11.3. The highest BCUT2D eigenvalue weighted by Crippen LogP contribution is 2.28. The molecule has 0 bridgehead atoms. The number of hydrogen-bond acceptors (Lipinski definition) is 6. The molecule has 3 rings (SSSR count). The summed E-state index contributed by atoms with van der Waals surface area (Å²) in [6.45, 7) is 1.41. The molecule has 2 aromatic rings. The van der Waals surface area contributed by atoms with Crippen molar-refractivity contribution in [1.29, 1.82) is 0 Å². The molecule has 1 aliphatic heterocycles. The molecule has 118 valence electrons. The molecule has 0 spiro atoms. The number of carbonyl (C=O) groups is 2. The van der Waals surface area contributed by atoms with E-state index in [1.165, 1.54) is 0 Å². The van der Waals surface area contributed by atoms with Gasteiger partial charge in [-0.05, 0) is 13.0 Å². The Kier molecular flexibility index (Phi) is 3.83. The van der Waals surface area contributed by atoms with Gasteiger partial charge in [0.1, 0.15) is 11.4 Å². The van der Waals surface area contributed by atoms with Crippen molar-refractivity contribution in [1.82, 2.24) is 4.57 Å². The molecular weight excluding hydrogens is 320 g/mol. The molecule has 1 aliphatic rings. The standard InChI is InChI=1S/C15H12N2O5S/c1-2-22-10(18)7-17-14(20)12(23-15(17)21)11-8-5-3-4-6-9(8)16-13(11)19/h3-6,20H,2,7H2,1H3. The monoisotopic (exact) mass is 332 g/mol. The lowest BCUT2D eigenvalue weighted by molar-refractivity contribution is -0.143. The second-order valence-corrected chi connectivity index (χ2v) is 5.68. The molecule has 2 heterocycles. The third kappa shape index (κ3) is 2.57. The molecule has 7 nitrogen and oxygen atoms in total. The summed E-state index contributed by atoms with van der Waals surface area (Å²) in [4.78, 5) is 39.1. The summed E-state index contributed by atoms with van der Waals surface area (Å²) in [7, 11) is 0. The van der Waals surface area contributed by atoms with Gasteiger partial charge < -0.3 is 9.84 Å². The fraction of sp³-hybridized carbons (Fsp3) is 0.200. The Labute approximate surface area is 133 Å². The van der Waals surface area contributed by atoms with E-state index < -0.39 is 29.2 Å². The fourth-order valence-corrected chi connectivity index (χ4v) is 3.25. The number of rotatable bonds is 4. The number of ether oxygens (including phenoxy) is 1. The van der Waals surface area contributed by atoms with E-state index in [0.29, 0.717) is 21.9 Å². The second kappa shape index (κ2) is 5.81. The topological polar surface area (TPSA) is 98.0 Å². The summed E-state index contributed by atoms with van der Waals surface area (Å²) in [5.74, 6) is -1.59. The zero-order valence-electron chi connectivity index (χ0n) is 12.1. The lowest BCUT2D eigenvalue weighted by Crippen LogP contribution is -2.22. The molecule has 0 fully saturated rings. The quantitative estimate of drug-likeness (QED) is 0.764. The summed E-state index contributed by atoms with van der Waals surface area (Å²) < 4.78 is 5.66. The van der Waals surface area contributed by atoms with Gasteiger partial charge in [0.15, 0.2) is 0 Å². The second-order valence-electron chi connectivity index (χ2n) is 4.72. The van der Waals surface area contributed by atoms with Gasteiger partial charge in [0.05, 0.1) is 17.5 Å². The zero-order chi connectivity index (χ0) is 16.6. The Morgan fingerprint density at radius 2 is 2.09 bits per heavy atom. The van der Waals surface area contributed by atoms with Gasteiger partial charge in [-0.25, -0.2) is 4.99 Å². The van der Waals surface area contributed by atoms with Crippen LogP contribution in [0.15, 0.2) is 34.1 Å². The number of amides is 1. The molecule has 1 amide bonds. The number of para-hydroxylation sites is 1. The number of esters is 1. The molecule has 0 saturated heterocycles. The van der Waals surface area contributed by atoms with Crippen LogP contribution in [-0.2, 0) is 20.9 Å². The third-order valence-electron chi connectivity index (χ3n) is 3.30. The van der Waals surface area contributed by atoms with Crippen LogP contribution >= 0.6 is 11.3 Å². The van der Waals surface area contributed by atoms with Crippen molar-refractivity contribution in [3.8, 4) is 5.88 Å². The zero-order valence-corrected chi connectivity index (χ0v) is 12.9. The average Bonchev–Trinajstić information content (AvgIpc) is 2.98. The predicted octanol–water partition coefficient (Wildman–Crippen LogP) is -0.463. The van der Waals surface area contributed by atoms with Gasteiger partial charge in [-0.3, -0.25) is 19.0 Å². The van der Waals surface area contributed by atoms with Crippen LogP contribution in [0, 0.1) is 0 Å². The van der Waals surface area contributed by atoms with Crippen LogP contribution in [0.4, 0.5) is 0 Å². The van der Waals surface area contributed by atoms with Crippen LogP contribution < -0.4 is 15.4 Å². The highest BCUT2D eigenvalue weighted by Gasteiger charge is 2.26. The van der Waals surface area contributed by atoms with Crippen LogP contribution in [0.1, 0.15) is 11.8 Å². The largest absolute Gasteiger partial charge is 0.493 e. The molecule has 0 unspecified atom stereocenters. The number of hydrogen-bond donors (Lipinski definition) is 1. The molecule has 8 heteroatoms. The van der Waals surface area contributed by atoms with E-state index in [0.717, 1.165) is 4.57 Å². The van der Waals surface area contributed by atoms with Gasteiger partial charge in [-0.1, -0.05) is 29.5 Å². The number of carbonyl (C=O) groups excluding carboxylic acids is 2. The van der Waals surface area contributed by atoms with Gasteiger partial charge in [0.2, 0.25) is 5.88 Å². The van der Waals surface area contributed by atoms with Crippen LogP contribution in [0.5, 0.6) is 5.88 Å². The number of thiazole rings is 1. The number of aromatic nitrogens is 1. The first-order valence-corrected chi connectivity index (χ1v) is 7.65. The maximum atomic E-state index is 12.1. The van der Waals surface area contributed by atoms with Crippen molar-refractivity contribution in [2.45, 2.75) is 13.5 Å². The minimum atomic E-state index is -0.637. The van der Waals surface area contributed by atoms with Crippen molar-refractivity contribution < 1.29 is 19.4 Å². The molecule has 23 heavy (non-hydrogen) atoms. The van der Waals surface area contributed by atoms with E-state index >= 15 is 0 Å². The predicted molar refractivity (Wildman–Crippen MR) is 81.6 cm³/mol. The first-order chi connectivity index (χ1) is 11.0. The number of nitrogens with zero attached hydrogens (tertiary/aromatic N) is 2. The summed E-state index contributed by atoms with van der Waals surface area (Å²) in [5.41, 5.74) is 0.169. The molecule has 0 aliphatic carbocycles. The van der Waals surface area contributed by atoms with Gasteiger partial charge in [0, 0.05) is 5.22 Å². The Balaban J connectivity index is 2.14. The molecule has 1 aromatic carbocycles. The van der Waals surface area contributed by atoms with Crippen molar-refractivity contribution >= 4 is 28.8 Å². The summed E-state index contributed by atoms with van der Waals surface area (Å²) >= 11 is 0.697. The molecule has 0 saturated carbocycles. The number of benzene rings is 1. The van der Waals surface area contributed by atoms with Gasteiger partial charge in [-0.15, -0.1) is 0 Å². The Morgan fingerprint density at radius 1 is 1.35 bits per heavy atom. The first-order valence-electron chi connectivity index (χ1n) is 6.84. The van der Waals surface area contributed by atoms with Crippen molar-refractivity contribution in [3.05, 3.63) is 49.4 Å². The summed E-state index contributed by atoms with van der Waals surface area (Å²) in [6, 6.07) is 6.85. The van der Waals surface area contributed by atoms with Crippen LogP contribution in [0.3, 0.4) is 0 Å². The number of aromatic hydroxyl groups is 1. The van der Waals surface area contributed by atoms with E-state index in [4.69, 9.17) is 4.74 Å². The number of fused-ring (bicyclic) bond motifs is 1. The minimum Gasteiger partial charge on any atom is -0.493 e. The minimum absolute atomic E-state index is 0.109. The van der Waals surface area contributed by atoms with Crippen molar-refractivity contribution in [2.24, 2.45) is 4.99 Å². The SMILES string of the molecule is CCOC(=O)Cn1c(O)c(C2=c3ccccc3=NC2=O)sc1=O. The van der Waals surface area contributed by atoms with Gasteiger partial charge >= 0.3 is 10.8 Å². The van der Waals surface area contributed by atoms with Crippen molar-refractivity contribution in [3.63, 3.8) is 0 Å². The average molecular weight is 332 g/mol. The van der Waals surface area contributed by atoms with E-state index in [9.17, 15) is 19.5 Å². The first kappa shape index (κ1) is 15.2. The third-order valence-corrected chi connectivity index (χ3v) is 4.28. The maximum absolute atomic E-state index is 12.1. The lowest BCUT2D eigenvalue weighted by atomic mass is 10.1. The highest BCUT2D eigenvalue weighted by atomic mass is 32.1. The Morgan fingerprint density at radius 3 is 2.83 bits per heavy atom. The van der Waals surface area contributed by atoms with Crippen LogP contribution in [0.2, 0.25) is 0 Å². The van der Waals surface area contributed by atoms with Gasteiger partial charge in [0.25, 0.3) is 5.91 Å². The van der Waals surface area contributed by atoms with E-state index in [1.807, 2.05) is 0 Å². The van der Waals surface area contributed by atoms with Crippen molar-refractivity contribution in [2.75, 3.05) is 6.61 Å². The Hall–Kier alpha value is -2.74. The van der Waals surface area contributed by atoms with E-state index in [1.54, 1.807) is 31.2 Å². The van der Waals surface area contributed by atoms with E-state index in [-0.39, 0.29) is 17.1 Å². The maximum Gasteiger partial charge on any atom is 0.326 e. The smallest absolute Gasteiger partial charge is 0.326 e.